The summed E-state index contributed by atoms with van der Waals surface area (Å²) in [6.07, 6.45) is 0.881. The van der Waals surface area contributed by atoms with Gasteiger partial charge in [0, 0.05) is 47.3 Å². The normalized spacial score (nSPS) is 22.3. The van der Waals surface area contributed by atoms with E-state index in [1.807, 2.05) is 24.4 Å². The van der Waals surface area contributed by atoms with Gasteiger partial charge in [0.1, 0.15) is 5.75 Å². The molecule has 9 nitrogen and oxygen atoms in total. The predicted octanol–water partition coefficient (Wildman–Crippen LogP) is 4.36. The first kappa shape index (κ1) is 26.7. The molecule has 3 heterocycles. The number of aromatic nitrogens is 1. The predicted molar refractivity (Wildman–Crippen MR) is 150 cm³/mol. The fourth-order valence-corrected chi connectivity index (χ4v) is 5.72. The minimum absolute atomic E-state index is 0.165. The Labute approximate surface area is 231 Å². The summed E-state index contributed by atoms with van der Waals surface area (Å²) in [5.74, 6) is -0.168. The fraction of sp³-hybridized carbons (Fsp3) is 0.379. The van der Waals surface area contributed by atoms with Crippen molar-refractivity contribution in [1.29, 1.82) is 5.26 Å². The molecule has 1 fully saturated rings. The van der Waals surface area contributed by atoms with Gasteiger partial charge in [0.15, 0.2) is 5.13 Å². The number of nitriles is 1. The number of carbonyl (C=O) groups excluding carboxylic acids is 2. The number of morpholine rings is 1. The van der Waals surface area contributed by atoms with Crippen molar-refractivity contribution in [1.82, 2.24) is 10.3 Å². The maximum Gasteiger partial charge on any atom is 0.251 e. The summed E-state index contributed by atoms with van der Waals surface area (Å²) >= 11 is 1.33. The molecule has 5 rings (SSSR count). The highest BCUT2D eigenvalue weighted by atomic mass is 32.1. The van der Waals surface area contributed by atoms with Crippen LogP contribution in [-0.4, -0.2) is 55.2 Å². The molecule has 202 valence electrons. The van der Waals surface area contributed by atoms with Gasteiger partial charge >= 0.3 is 0 Å². The molecule has 0 radical (unpaired) electrons. The molecule has 0 saturated carbocycles. The van der Waals surface area contributed by atoms with Gasteiger partial charge in [0.05, 0.1) is 42.5 Å². The highest BCUT2D eigenvalue weighted by molar-refractivity contribution is 7.14. The summed E-state index contributed by atoms with van der Waals surface area (Å²) in [5, 5.41) is 17.4. The first-order valence-electron chi connectivity index (χ1n) is 13.0. The van der Waals surface area contributed by atoms with E-state index < -0.39 is 11.3 Å². The summed E-state index contributed by atoms with van der Waals surface area (Å²) in [7, 11) is 0. The molecule has 0 bridgehead atoms. The number of benzene rings is 2. The molecule has 3 atom stereocenters. The van der Waals surface area contributed by atoms with Crippen LogP contribution in [0.15, 0.2) is 47.8 Å². The second-order valence-electron chi connectivity index (χ2n) is 10.2. The molecule has 1 saturated heterocycles. The number of amides is 2. The third-order valence-corrected chi connectivity index (χ3v) is 7.79. The molecular formula is C29H31N5O4S. The van der Waals surface area contributed by atoms with E-state index in [2.05, 4.69) is 52.6 Å². The second-order valence-corrected chi connectivity index (χ2v) is 11.1. The summed E-state index contributed by atoms with van der Waals surface area (Å²) < 4.78 is 11.5. The van der Waals surface area contributed by atoms with Crippen LogP contribution in [0.25, 0.3) is 11.3 Å². The van der Waals surface area contributed by atoms with Crippen LogP contribution in [-0.2, 0) is 14.9 Å². The van der Waals surface area contributed by atoms with E-state index >= 15 is 0 Å². The van der Waals surface area contributed by atoms with Crippen molar-refractivity contribution in [3.63, 3.8) is 0 Å². The Morgan fingerprint density at radius 3 is 2.77 bits per heavy atom. The summed E-state index contributed by atoms with van der Waals surface area (Å²) in [4.78, 5) is 32.2. The molecule has 1 aromatic heterocycles. The average Bonchev–Trinajstić information content (AvgIpc) is 3.40. The first-order valence-corrected chi connectivity index (χ1v) is 13.8. The van der Waals surface area contributed by atoms with Crippen molar-refractivity contribution < 1.29 is 19.1 Å². The summed E-state index contributed by atoms with van der Waals surface area (Å²) in [6, 6.07) is 15.5. The van der Waals surface area contributed by atoms with Crippen molar-refractivity contribution in [2.75, 3.05) is 36.5 Å². The molecule has 39 heavy (non-hydrogen) atoms. The molecule has 2 amide bonds. The van der Waals surface area contributed by atoms with Gasteiger partial charge in [-0.1, -0.05) is 12.1 Å². The number of nitrogens with one attached hydrogen (secondary N) is 2. The summed E-state index contributed by atoms with van der Waals surface area (Å²) in [6.45, 7) is 7.90. The minimum atomic E-state index is -0.720. The van der Waals surface area contributed by atoms with Gasteiger partial charge in [0.25, 0.3) is 5.91 Å². The number of nitrogens with zero attached hydrogens (tertiary/aromatic N) is 3. The maximum absolute atomic E-state index is 12.7. The van der Waals surface area contributed by atoms with Crippen molar-refractivity contribution >= 4 is 34.0 Å². The molecule has 2 aliphatic heterocycles. The molecule has 0 unspecified atom stereocenters. The maximum atomic E-state index is 12.7. The van der Waals surface area contributed by atoms with Crippen molar-refractivity contribution in [3.8, 4) is 23.1 Å². The van der Waals surface area contributed by atoms with Crippen LogP contribution in [0.3, 0.4) is 0 Å². The van der Waals surface area contributed by atoms with Crippen molar-refractivity contribution in [3.05, 3.63) is 59.0 Å². The number of carbonyl (C=O) groups is 2. The van der Waals surface area contributed by atoms with E-state index in [9.17, 15) is 14.9 Å². The van der Waals surface area contributed by atoms with Gasteiger partial charge < -0.3 is 25.0 Å². The molecule has 2 aromatic carbocycles. The smallest absolute Gasteiger partial charge is 0.251 e. The van der Waals surface area contributed by atoms with E-state index in [4.69, 9.17) is 9.47 Å². The van der Waals surface area contributed by atoms with E-state index in [0.29, 0.717) is 35.0 Å². The number of anilines is 2. The molecule has 2 aliphatic rings. The molecule has 0 aliphatic carbocycles. The quantitative estimate of drug-likeness (QED) is 0.473. The zero-order valence-corrected chi connectivity index (χ0v) is 23.0. The third-order valence-electron chi connectivity index (χ3n) is 7.03. The van der Waals surface area contributed by atoms with E-state index in [1.54, 1.807) is 18.2 Å². The lowest BCUT2D eigenvalue weighted by Gasteiger charge is -2.37. The van der Waals surface area contributed by atoms with Gasteiger partial charge in [-0.05, 0) is 51.1 Å². The van der Waals surface area contributed by atoms with Crippen LogP contribution >= 0.6 is 11.3 Å². The lowest BCUT2D eigenvalue weighted by atomic mass is 9.78. The minimum Gasteiger partial charge on any atom is -0.493 e. The Balaban J connectivity index is 1.19. The Morgan fingerprint density at radius 2 is 2.00 bits per heavy atom. The largest absolute Gasteiger partial charge is 0.493 e. The molecule has 0 spiro atoms. The van der Waals surface area contributed by atoms with Crippen molar-refractivity contribution in [2.24, 2.45) is 0 Å². The number of rotatable bonds is 6. The van der Waals surface area contributed by atoms with Crippen LogP contribution in [0, 0.1) is 11.3 Å². The fourth-order valence-electron chi connectivity index (χ4n) is 4.98. The average molecular weight is 546 g/mol. The first-order chi connectivity index (χ1) is 18.7. The summed E-state index contributed by atoms with van der Waals surface area (Å²) in [5.41, 5.74) is 3.18. The molecule has 3 aromatic rings. The van der Waals surface area contributed by atoms with Crippen LogP contribution in [0.2, 0.25) is 0 Å². The third kappa shape index (κ3) is 5.90. The van der Waals surface area contributed by atoms with E-state index in [0.717, 1.165) is 30.0 Å². The highest BCUT2D eigenvalue weighted by Crippen LogP contribution is 2.38. The van der Waals surface area contributed by atoms with Crippen LogP contribution < -0.4 is 20.3 Å². The number of hydrogen-bond acceptors (Lipinski definition) is 8. The van der Waals surface area contributed by atoms with Gasteiger partial charge in [-0.2, -0.15) is 5.26 Å². The SMILES string of the molecule is C[C@@H]1CN(c2cccc(-c3csc(NC(=O)CNC(=O)c4ccc5c(c4)[C@](C)(C#N)CCO5)n3)c2)C[C@H](C)O1. The monoisotopic (exact) mass is 545 g/mol. The number of thiazole rings is 1. The lowest BCUT2D eigenvalue weighted by Crippen LogP contribution is -2.45. The Morgan fingerprint density at radius 1 is 1.21 bits per heavy atom. The van der Waals surface area contributed by atoms with Gasteiger partial charge in [-0.15, -0.1) is 11.3 Å². The van der Waals surface area contributed by atoms with Crippen LogP contribution in [0.4, 0.5) is 10.8 Å². The van der Waals surface area contributed by atoms with Crippen molar-refractivity contribution in [2.45, 2.75) is 44.8 Å². The zero-order valence-electron chi connectivity index (χ0n) is 22.2. The lowest BCUT2D eigenvalue weighted by molar-refractivity contribution is -0.115. The zero-order chi connectivity index (χ0) is 27.6. The Kier molecular flexibility index (Phi) is 7.55. The van der Waals surface area contributed by atoms with Gasteiger partial charge in [-0.25, -0.2) is 4.98 Å². The molecule has 2 N–H and O–H groups in total. The topological polar surface area (TPSA) is 117 Å². The van der Waals surface area contributed by atoms with Gasteiger partial charge in [0.2, 0.25) is 5.91 Å². The van der Waals surface area contributed by atoms with E-state index in [1.165, 1.54) is 11.3 Å². The van der Waals surface area contributed by atoms with Crippen LogP contribution in [0.1, 0.15) is 43.1 Å². The van der Waals surface area contributed by atoms with Crippen LogP contribution in [0.5, 0.6) is 5.75 Å². The molecule has 10 heteroatoms. The standard InChI is InChI=1S/C29H31N5O4S/c1-18-14-34(15-19(2)38-18)22-6-4-5-20(11-22)24-16-39-28(32-24)33-26(35)13-31-27(36)21-7-8-25-23(12-21)29(3,17-30)9-10-37-25/h4-8,11-12,16,18-19H,9-10,13-15H2,1-3H3,(H,31,36)(H,32,33,35)/t18-,19+,29-/m0/s1. The Hall–Kier alpha value is -3.94. The Bertz CT molecular complexity index is 1420. The number of ether oxygens (including phenoxy) is 2. The second kappa shape index (κ2) is 11.0. The van der Waals surface area contributed by atoms with Gasteiger partial charge in [-0.3, -0.25) is 9.59 Å². The molecular weight excluding hydrogens is 514 g/mol. The van der Waals surface area contributed by atoms with E-state index in [-0.39, 0.29) is 24.7 Å². The highest BCUT2D eigenvalue weighted by Gasteiger charge is 2.34. The number of hydrogen-bond donors (Lipinski definition) is 2. The number of fused-ring (bicyclic) bond motifs is 1.